The number of aromatic nitrogens is 3. The van der Waals surface area contributed by atoms with Gasteiger partial charge in [-0.3, -0.25) is 9.89 Å². The monoisotopic (exact) mass is 368 g/mol. The Labute approximate surface area is 153 Å². The Morgan fingerprint density at radius 1 is 1.41 bits per heavy atom. The number of nitrogens with one attached hydrogen (secondary N) is 2. The first kappa shape index (κ1) is 16.8. The molecule has 1 amide bonds. The van der Waals surface area contributed by atoms with Crippen LogP contribution in [-0.2, 0) is 20.7 Å². The lowest BCUT2D eigenvalue weighted by Gasteiger charge is -2.23. The van der Waals surface area contributed by atoms with Crippen molar-refractivity contribution in [2.45, 2.75) is 19.4 Å². The van der Waals surface area contributed by atoms with Crippen LogP contribution in [0.15, 0.2) is 36.7 Å². The predicted octanol–water partition coefficient (Wildman–Crippen LogP) is 1.56. The van der Waals surface area contributed by atoms with Crippen LogP contribution in [0.1, 0.15) is 33.2 Å². The van der Waals surface area contributed by atoms with Gasteiger partial charge in [-0.15, -0.1) is 0 Å². The number of imidazole rings is 1. The van der Waals surface area contributed by atoms with Crippen molar-refractivity contribution in [1.82, 2.24) is 14.6 Å². The summed E-state index contributed by atoms with van der Waals surface area (Å²) in [6.45, 7) is 1.87. The van der Waals surface area contributed by atoms with Gasteiger partial charge < -0.3 is 14.8 Å². The number of esters is 2. The molecule has 3 heterocycles. The van der Waals surface area contributed by atoms with Gasteiger partial charge in [0.25, 0.3) is 5.91 Å². The number of ether oxygens (including phenoxy) is 2. The Balaban J connectivity index is 1.60. The highest BCUT2D eigenvalue weighted by Gasteiger charge is 2.32. The molecule has 9 nitrogen and oxygen atoms in total. The molecule has 2 N–H and O–H groups in total. The van der Waals surface area contributed by atoms with Crippen LogP contribution in [0.25, 0.3) is 5.65 Å². The second-order valence-electron chi connectivity index (χ2n) is 5.95. The normalized spacial score (nSPS) is 15.9. The van der Waals surface area contributed by atoms with Gasteiger partial charge in [0.1, 0.15) is 11.4 Å². The Kier molecular flexibility index (Phi) is 4.11. The van der Waals surface area contributed by atoms with Gasteiger partial charge in [-0.2, -0.15) is 0 Å². The van der Waals surface area contributed by atoms with Crippen molar-refractivity contribution in [1.29, 1.82) is 0 Å². The van der Waals surface area contributed by atoms with Gasteiger partial charge >= 0.3 is 11.9 Å². The molecule has 1 aliphatic rings. The summed E-state index contributed by atoms with van der Waals surface area (Å²) >= 11 is 0. The standard InChI is InChI=1S/C18H16N4O5/c1-2-26-18(25)13-14(21-22-8-7-19-15(13)22)20-16(23)12-9-10-5-3-4-6-11(10)17(24)27-12/h3-8,12,21H,2,9H2,1H3,(H,20,23). The minimum atomic E-state index is -1.00. The number of hydrogen-bond acceptors (Lipinski definition) is 6. The lowest BCUT2D eigenvalue weighted by Crippen LogP contribution is -2.38. The molecular formula is C18H16N4O5. The summed E-state index contributed by atoms with van der Waals surface area (Å²) < 4.78 is 11.8. The number of cyclic esters (lactones) is 1. The average molecular weight is 368 g/mol. The number of carbonyl (C=O) groups excluding carboxylic acids is 3. The van der Waals surface area contributed by atoms with E-state index in [0.717, 1.165) is 5.56 Å². The first-order valence-electron chi connectivity index (χ1n) is 8.40. The predicted molar refractivity (Wildman–Crippen MR) is 93.5 cm³/mol. The third kappa shape index (κ3) is 2.92. The second-order valence-corrected chi connectivity index (χ2v) is 5.95. The SMILES string of the molecule is CCOC(=O)c1c(NC(=O)C2Cc3ccccc3C(=O)O2)[nH]n2ccnc12. The van der Waals surface area contributed by atoms with Gasteiger partial charge in [0.05, 0.1) is 12.2 Å². The summed E-state index contributed by atoms with van der Waals surface area (Å²) in [4.78, 5) is 41.2. The molecule has 0 aliphatic carbocycles. The molecule has 9 heteroatoms. The number of benzene rings is 1. The molecule has 2 aromatic heterocycles. The van der Waals surface area contributed by atoms with Crippen molar-refractivity contribution in [2.75, 3.05) is 11.9 Å². The van der Waals surface area contributed by atoms with E-state index in [1.54, 1.807) is 37.4 Å². The number of carbonyl (C=O) groups is 3. The maximum atomic E-state index is 12.7. The van der Waals surface area contributed by atoms with Crippen LogP contribution in [0.2, 0.25) is 0 Å². The quantitative estimate of drug-likeness (QED) is 0.676. The van der Waals surface area contributed by atoms with Crippen molar-refractivity contribution >= 4 is 29.3 Å². The third-order valence-electron chi connectivity index (χ3n) is 4.26. The topological polar surface area (TPSA) is 115 Å². The molecule has 4 rings (SSSR count). The number of amides is 1. The fourth-order valence-electron chi connectivity index (χ4n) is 3.04. The molecule has 0 fully saturated rings. The molecule has 0 saturated carbocycles. The smallest absolute Gasteiger partial charge is 0.345 e. The molecule has 27 heavy (non-hydrogen) atoms. The Morgan fingerprint density at radius 3 is 3.04 bits per heavy atom. The zero-order valence-electron chi connectivity index (χ0n) is 14.4. The number of rotatable bonds is 4. The molecule has 0 saturated heterocycles. The van der Waals surface area contributed by atoms with Crippen LogP contribution in [-0.4, -0.2) is 45.2 Å². The van der Waals surface area contributed by atoms with E-state index in [9.17, 15) is 14.4 Å². The minimum absolute atomic E-state index is 0.109. The van der Waals surface area contributed by atoms with Gasteiger partial charge in [-0.05, 0) is 18.6 Å². The van der Waals surface area contributed by atoms with Crippen LogP contribution in [0.4, 0.5) is 5.82 Å². The number of hydrogen-bond donors (Lipinski definition) is 2. The van der Waals surface area contributed by atoms with Crippen molar-refractivity contribution in [3.05, 3.63) is 53.3 Å². The highest BCUT2D eigenvalue weighted by Crippen LogP contribution is 2.24. The third-order valence-corrected chi connectivity index (χ3v) is 4.26. The van der Waals surface area contributed by atoms with Gasteiger partial charge in [-0.1, -0.05) is 18.2 Å². The Bertz CT molecular complexity index is 1050. The summed E-state index contributed by atoms with van der Waals surface area (Å²) in [5.41, 5.74) is 1.63. The Morgan fingerprint density at radius 2 is 2.22 bits per heavy atom. The van der Waals surface area contributed by atoms with E-state index in [0.29, 0.717) is 11.2 Å². The first-order chi connectivity index (χ1) is 13.1. The number of nitrogens with zero attached hydrogens (tertiary/aromatic N) is 2. The molecule has 1 aliphatic heterocycles. The summed E-state index contributed by atoms with van der Waals surface area (Å²) in [5.74, 6) is -1.58. The molecule has 0 bridgehead atoms. The molecule has 138 valence electrons. The molecule has 0 radical (unpaired) electrons. The fourth-order valence-corrected chi connectivity index (χ4v) is 3.04. The molecule has 0 spiro atoms. The van der Waals surface area contributed by atoms with Crippen molar-refractivity contribution in [2.24, 2.45) is 0 Å². The van der Waals surface area contributed by atoms with Gasteiger partial charge in [0, 0.05) is 18.8 Å². The van der Waals surface area contributed by atoms with E-state index in [1.807, 2.05) is 0 Å². The van der Waals surface area contributed by atoms with E-state index < -0.39 is 23.9 Å². The van der Waals surface area contributed by atoms with Crippen LogP contribution < -0.4 is 5.32 Å². The van der Waals surface area contributed by atoms with Crippen molar-refractivity contribution < 1.29 is 23.9 Å². The highest BCUT2D eigenvalue weighted by molar-refractivity contribution is 6.06. The van der Waals surface area contributed by atoms with Gasteiger partial charge in [-0.25, -0.2) is 19.1 Å². The van der Waals surface area contributed by atoms with Crippen LogP contribution >= 0.6 is 0 Å². The Hall–Kier alpha value is -3.62. The van der Waals surface area contributed by atoms with E-state index >= 15 is 0 Å². The van der Waals surface area contributed by atoms with Crippen LogP contribution in [0.3, 0.4) is 0 Å². The maximum Gasteiger partial charge on any atom is 0.345 e. The van der Waals surface area contributed by atoms with E-state index in [2.05, 4.69) is 15.4 Å². The summed E-state index contributed by atoms with van der Waals surface area (Å²) in [6, 6.07) is 6.97. The average Bonchev–Trinajstić information content (AvgIpc) is 3.22. The molecular weight excluding hydrogens is 352 g/mol. The minimum Gasteiger partial charge on any atom is -0.462 e. The van der Waals surface area contributed by atoms with E-state index in [4.69, 9.17) is 9.47 Å². The van der Waals surface area contributed by atoms with E-state index in [1.165, 1.54) is 10.7 Å². The number of aromatic amines is 1. The van der Waals surface area contributed by atoms with Gasteiger partial charge in [0.2, 0.25) is 0 Å². The zero-order valence-corrected chi connectivity index (χ0v) is 14.4. The second kappa shape index (κ2) is 6.60. The lowest BCUT2D eigenvalue weighted by molar-refractivity contribution is -0.125. The highest BCUT2D eigenvalue weighted by atomic mass is 16.5. The van der Waals surface area contributed by atoms with Crippen LogP contribution in [0, 0.1) is 0 Å². The molecule has 1 aromatic carbocycles. The van der Waals surface area contributed by atoms with Gasteiger partial charge in [0.15, 0.2) is 11.8 Å². The summed E-state index contributed by atoms with van der Waals surface area (Å²) in [6.07, 6.45) is 2.36. The van der Waals surface area contributed by atoms with Crippen LogP contribution in [0.5, 0.6) is 0 Å². The largest absolute Gasteiger partial charge is 0.462 e. The zero-order chi connectivity index (χ0) is 19.0. The van der Waals surface area contributed by atoms with E-state index in [-0.39, 0.29) is 24.4 Å². The molecule has 3 aromatic rings. The summed E-state index contributed by atoms with van der Waals surface area (Å²) in [7, 11) is 0. The maximum absolute atomic E-state index is 12.7. The molecule has 1 unspecified atom stereocenters. The fraction of sp³-hybridized carbons (Fsp3) is 0.222. The molecule has 1 atom stereocenters. The van der Waals surface area contributed by atoms with Crippen molar-refractivity contribution in [3.63, 3.8) is 0 Å². The number of H-pyrrole nitrogens is 1. The summed E-state index contributed by atoms with van der Waals surface area (Å²) in [5, 5.41) is 5.48. The number of fused-ring (bicyclic) bond motifs is 2. The lowest BCUT2D eigenvalue weighted by atomic mass is 9.98. The first-order valence-corrected chi connectivity index (χ1v) is 8.40. The number of anilines is 1. The van der Waals surface area contributed by atoms with Crippen molar-refractivity contribution in [3.8, 4) is 0 Å².